The maximum absolute atomic E-state index is 13.9. The van der Waals surface area contributed by atoms with Crippen LogP contribution in [0.15, 0.2) is 41.5 Å². The lowest BCUT2D eigenvalue weighted by Crippen LogP contribution is -2.16. The first-order valence-corrected chi connectivity index (χ1v) is 6.90. The Morgan fingerprint density at radius 2 is 2.13 bits per heavy atom. The monoisotopic (exact) mass is 329 g/mol. The molecule has 0 N–H and O–H groups in total. The number of hydrogen-bond donors (Lipinski definition) is 0. The van der Waals surface area contributed by atoms with E-state index in [2.05, 4.69) is 4.98 Å². The molecule has 0 spiro atoms. The van der Waals surface area contributed by atoms with Crippen molar-refractivity contribution < 1.29 is 9.13 Å². The first-order valence-electron chi connectivity index (χ1n) is 6.52. The number of benzene rings is 2. The van der Waals surface area contributed by atoms with Crippen LogP contribution < -0.4 is 10.3 Å². The van der Waals surface area contributed by atoms with Gasteiger partial charge in [0.25, 0.3) is 5.56 Å². The maximum atomic E-state index is 13.9. The molecule has 5 nitrogen and oxygen atoms in total. The van der Waals surface area contributed by atoms with E-state index in [1.807, 2.05) is 6.07 Å². The van der Waals surface area contributed by atoms with Gasteiger partial charge in [-0.25, -0.2) is 9.37 Å². The minimum Gasteiger partial charge on any atom is -0.453 e. The fraction of sp³-hybridized carbons (Fsp3) is 0.0625. The van der Waals surface area contributed by atoms with E-state index in [0.717, 1.165) is 6.07 Å². The van der Waals surface area contributed by atoms with Crippen molar-refractivity contribution in [3.63, 3.8) is 0 Å². The predicted molar refractivity (Wildman–Crippen MR) is 83.2 cm³/mol. The number of ether oxygens (including phenoxy) is 1. The number of rotatable bonds is 2. The average Bonchev–Trinajstić information content (AvgIpc) is 2.55. The van der Waals surface area contributed by atoms with Gasteiger partial charge in [-0.2, -0.15) is 5.26 Å². The van der Waals surface area contributed by atoms with Crippen LogP contribution in [0.3, 0.4) is 0 Å². The van der Waals surface area contributed by atoms with Crippen molar-refractivity contribution in [2.45, 2.75) is 0 Å². The number of halogens is 2. The van der Waals surface area contributed by atoms with Crippen LogP contribution in [0.4, 0.5) is 4.39 Å². The lowest BCUT2D eigenvalue weighted by molar-refractivity contribution is 0.441. The zero-order chi connectivity index (χ0) is 16.6. The zero-order valence-corrected chi connectivity index (χ0v) is 12.6. The molecule has 0 saturated heterocycles. The SMILES string of the molecule is Cn1cnc2ccc(Oc3c(F)ccc(Cl)c3C#N)cc2c1=O. The van der Waals surface area contributed by atoms with Crippen LogP contribution in [0.2, 0.25) is 5.02 Å². The molecule has 2 aromatic carbocycles. The molecule has 3 aromatic rings. The predicted octanol–water partition coefficient (Wildman–Crippen LogP) is 3.39. The Morgan fingerprint density at radius 3 is 2.87 bits per heavy atom. The van der Waals surface area contributed by atoms with Crippen LogP contribution in [0, 0.1) is 17.1 Å². The summed E-state index contributed by atoms with van der Waals surface area (Å²) >= 11 is 5.88. The van der Waals surface area contributed by atoms with Crippen LogP contribution in [-0.2, 0) is 7.05 Å². The molecule has 114 valence electrons. The van der Waals surface area contributed by atoms with E-state index in [0.29, 0.717) is 10.9 Å². The number of nitrogens with zero attached hydrogens (tertiary/aromatic N) is 3. The van der Waals surface area contributed by atoms with Gasteiger partial charge < -0.3 is 9.30 Å². The summed E-state index contributed by atoms with van der Waals surface area (Å²) in [6, 6.07) is 8.77. The number of fused-ring (bicyclic) bond motifs is 1. The van der Waals surface area contributed by atoms with Gasteiger partial charge in [0.2, 0.25) is 0 Å². The van der Waals surface area contributed by atoms with Crippen molar-refractivity contribution in [1.29, 1.82) is 5.26 Å². The molecule has 0 amide bonds. The summed E-state index contributed by atoms with van der Waals surface area (Å²) in [7, 11) is 1.58. The lowest BCUT2D eigenvalue weighted by Gasteiger charge is -2.10. The fourth-order valence-corrected chi connectivity index (χ4v) is 2.30. The summed E-state index contributed by atoms with van der Waals surface area (Å²) in [5, 5.41) is 9.52. The largest absolute Gasteiger partial charge is 0.453 e. The standard InChI is InChI=1S/C16H9ClFN3O2/c1-21-8-20-14-5-2-9(6-10(14)16(21)22)23-15-11(7-19)12(17)3-4-13(15)18/h2-6,8H,1H3. The third-order valence-corrected chi connectivity index (χ3v) is 3.59. The van der Waals surface area contributed by atoms with Gasteiger partial charge >= 0.3 is 0 Å². The molecule has 0 bridgehead atoms. The van der Waals surface area contributed by atoms with Crippen molar-refractivity contribution in [1.82, 2.24) is 9.55 Å². The van der Waals surface area contributed by atoms with E-state index in [1.54, 1.807) is 13.1 Å². The highest BCUT2D eigenvalue weighted by atomic mass is 35.5. The molecular weight excluding hydrogens is 321 g/mol. The molecule has 1 aromatic heterocycles. The summed E-state index contributed by atoms with van der Waals surface area (Å²) in [5.41, 5.74) is 0.130. The second-order valence-electron chi connectivity index (χ2n) is 4.79. The van der Waals surface area contributed by atoms with Crippen LogP contribution in [0.25, 0.3) is 10.9 Å². The van der Waals surface area contributed by atoms with E-state index in [1.165, 1.54) is 29.1 Å². The summed E-state index contributed by atoms with van der Waals surface area (Å²) in [6.45, 7) is 0. The Hall–Kier alpha value is -2.91. The highest BCUT2D eigenvalue weighted by molar-refractivity contribution is 6.32. The van der Waals surface area contributed by atoms with Gasteiger partial charge in [0, 0.05) is 7.05 Å². The second kappa shape index (κ2) is 5.71. The van der Waals surface area contributed by atoms with Gasteiger partial charge in [-0.15, -0.1) is 0 Å². The average molecular weight is 330 g/mol. The highest BCUT2D eigenvalue weighted by Gasteiger charge is 2.15. The third kappa shape index (κ3) is 2.62. The molecule has 1 heterocycles. The lowest BCUT2D eigenvalue weighted by atomic mass is 10.2. The van der Waals surface area contributed by atoms with E-state index in [9.17, 15) is 9.18 Å². The van der Waals surface area contributed by atoms with E-state index in [-0.39, 0.29) is 27.6 Å². The molecule has 0 fully saturated rings. The summed E-state index contributed by atoms with van der Waals surface area (Å²) in [4.78, 5) is 16.2. The Labute approximate surface area is 135 Å². The molecule has 0 radical (unpaired) electrons. The number of nitriles is 1. The van der Waals surface area contributed by atoms with Crippen LogP contribution in [0.1, 0.15) is 5.56 Å². The van der Waals surface area contributed by atoms with Crippen molar-refractivity contribution in [2.24, 2.45) is 7.05 Å². The Kier molecular flexibility index (Phi) is 3.72. The molecule has 0 aliphatic carbocycles. The maximum Gasteiger partial charge on any atom is 0.261 e. The van der Waals surface area contributed by atoms with Gasteiger partial charge in [0.15, 0.2) is 11.6 Å². The van der Waals surface area contributed by atoms with Crippen molar-refractivity contribution in [3.8, 4) is 17.6 Å². The topological polar surface area (TPSA) is 67.9 Å². The normalized spacial score (nSPS) is 10.5. The van der Waals surface area contributed by atoms with Gasteiger partial charge in [0.05, 0.1) is 22.3 Å². The van der Waals surface area contributed by atoms with Gasteiger partial charge in [-0.1, -0.05) is 11.6 Å². The number of hydrogen-bond acceptors (Lipinski definition) is 4. The van der Waals surface area contributed by atoms with E-state index in [4.69, 9.17) is 21.6 Å². The zero-order valence-electron chi connectivity index (χ0n) is 11.9. The molecule has 23 heavy (non-hydrogen) atoms. The molecule has 0 aliphatic rings. The smallest absolute Gasteiger partial charge is 0.261 e. The van der Waals surface area contributed by atoms with Crippen molar-refractivity contribution in [2.75, 3.05) is 0 Å². The van der Waals surface area contributed by atoms with Gasteiger partial charge in [-0.3, -0.25) is 4.79 Å². The highest BCUT2D eigenvalue weighted by Crippen LogP contribution is 2.33. The number of aromatic nitrogens is 2. The minimum atomic E-state index is -0.717. The molecule has 3 rings (SSSR count). The van der Waals surface area contributed by atoms with Gasteiger partial charge in [0.1, 0.15) is 17.4 Å². The van der Waals surface area contributed by atoms with E-state index < -0.39 is 5.82 Å². The second-order valence-corrected chi connectivity index (χ2v) is 5.19. The van der Waals surface area contributed by atoms with Crippen molar-refractivity contribution >= 4 is 22.5 Å². The fourth-order valence-electron chi connectivity index (χ4n) is 2.11. The molecule has 0 atom stereocenters. The molecule has 0 saturated carbocycles. The molecule has 0 aliphatic heterocycles. The molecule has 0 unspecified atom stereocenters. The third-order valence-electron chi connectivity index (χ3n) is 3.28. The molecule has 7 heteroatoms. The Balaban J connectivity index is 2.14. The van der Waals surface area contributed by atoms with Crippen LogP contribution in [-0.4, -0.2) is 9.55 Å². The molecular formula is C16H9ClFN3O2. The summed E-state index contributed by atoms with van der Waals surface area (Å²) in [6.07, 6.45) is 1.41. The minimum absolute atomic E-state index is 0.0854. The first kappa shape index (κ1) is 15.0. The number of aryl methyl sites for hydroxylation is 1. The summed E-state index contributed by atoms with van der Waals surface area (Å²) in [5.74, 6) is -0.787. The quantitative estimate of drug-likeness (QED) is 0.722. The van der Waals surface area contributed by atoms with Crippen LogP contribution >= 0.6 is 11.6 Å². The van der Waals surface area contributed by atoms with E-state index >= 15 is 0 Å². The van der Waals surface area contributed by atoms with Gasteiger partial charge in [-0.05, 0) is 30.3 Å². The van der Waals surface area contributed by atoms with Crippen LogP contribution in [0.5, 0.6) is 11.5 Å². The Bertz CT molecular complexity index is 1020. The summed E-state index contributed by atoms with van der Waals surface area (Å²) < 4.78 is 20.7. The van der Waals surface area contributed by atoms with Crippen molar-refractivity contribution in [3.05, 3.63) is 63.4 Å². The Morgan fingerprint density at radius 1 is 1.35 bits per heavy atom. The first-order chi connectivity index (χ1) is 11.0.